The first-order valence-electron chi connectivity index (χ1n) is 5.59. The lowest BCUT2D eigenvalue weighted by atomic mass is 10.1. The van der Waals surface area contributed by atoms with Gasteiger partial charge in [0.25, 0.3) is 0 Å². The van der Waals surface area contributed by atoms with E-state index in [4.69, 9.17) is 14.6 Å². The summed E-state index contributed by atoms with van der Waals surface area (Å²) in [5.41, 5.74) is -0.580. The van der Waals surface area contributed by atoms with E-state index in [2.05, 4.69) is 0 Å². The molecule has 0 saturated carbocycles. The van der Waals surface area contributed by atoms with Gasteiger partial charge in [-0.1, -0.05) is 0 Å². The van der Waals surface area contributed by atoms with Gasteiger partial charge in [0, 0.05) is 6.54 Å². The molecule has 1 aliphatic heterocycles. The van der Waals surface area contributed by atoms with Crippen molar-refractivity contribution >= 4 is 12.1 Å². The van der Waals surface area contributed by atoms with E-state index in [1.165, 1.54) is 4.90 Å². The lowest BCUT2D eigenvalue weighted by Gasteiger charge is -2.35. The predicted octanol–water partition coefficient (Wildman–Crippen LogP) is 1.10. The van der Waals surface area contributed by atoms with Gasteiger partial charge in [0.1, 0.15) is 5.60 Å². The van der Waals surface area contributed by atoms with Crippen LogP contribution in [0.2, 0.25) is 0 Å². The molecular formula is C11H19NO5. The van der Waals surface area contributed by atoms with E-state index in [1.807, 2.05) is 0 Å². The first kappa shape index (κ1) is 13.8. The number of ether oxygens (including phenoxy) is 2. The maximum Gasteiger partial charge on any atom is 0.410 e. The van der Waals surface area contributed by atoms with Crippen LogP contribution in [0.1, 0.15) is 27.2 Å². The highest BCUT2D eigenvalue weighted by atomic mass is 16.6. The molecule has 0 radical (unpaired) electrons. The molecule has 1 atom stereocenters. The van der Waals surface area contributed by atoms with Gasteiger partial charge < -0.3 is 14.6 Å². The van der Waals surface area contributed by atoms with Crippen molar-refractivity contribution in [3.8, 4) is 0 Å². The fourth-order valence-corrected chi connectivity index (χ4v) is 1.59. The highest BCUT2D eigenvalue weighted by Gasteiger charge is 2.32. The average Bonchev–Trinajstić information content (AvgIpc) is 2.14. The number of carbonyl (C=O) groups excluding carboxylic acids is 1. The topological polar surface area (TPSA) is 76.1 Å². The van der Waals surface area contributed by atoms with Gasteiger partial charge in [0.05, 0.1) is 25.7 Å². The third-order valence-corrected chi connectivity index (χ3v) is 2.27. The molecule has 1 fully saturated rings. The monoisotopic (exact) mass is 245 g/mol. The highest BCUT2D eigenvalue weighted by Crippen LogP contribution is 2.16. The van der Waals surface area contributed by atoms with Gasteiger partial charge in [-0.05, 0) is 20.8 Å². The number of hydrogen-bond acceptors (Lipinski definition) is 4. The molecule has 0 spiro atoms. The van der Waals surface area contributed by atoms with E-state index in [9.17, 15) is 9.59 Å². The second-order valence-electron chi connectivity index (χ2n) is 5.00. The normalized spacial score (nSPS) is 21.1. The number of aliphatic carboxylic acids is 1. The Kier molecular flexibility index (Phi) is 4.34. The third-order valence-electron chi connectivity index (χ3n) is 2.27. The Bertz CT molecular complexity index is 297. The molecule has 1 amide bonds. The van der Waals surface area contributed by atoms with Gasteiger partial charge >= 0.3 is 12.1 Å². The van der Waals surface area contributed by atoms with E-state index in [1.54, 1.807) is 20.8 Å². The summed E-state index contributed by atoms with van der Waals surface area (Å²) in [6, 6.07) is -0.448. The molecule has 1 aliphatic rings. The summed E-state index contributed by atoms with van der Waals surface area (Å²) >= 11 is 0. The van der Waals surface area contributed by atoms with E-state index in [0.29, 0.717) is 13.2 Å². The van der Waals surface area contributed by atoms with Gasteiger partial charge in [-0.3, -0.25) is 9.69 Å². The maximum absolute atomic E-state index is 11.9. The molecule has 0 aliphatic carbocycles. The summed E-state index contributed by atoms with van der Waals surface area (Å²) in [4.78, 5) is 24.0. The van der Waals surface area contributed by atoms with Crippen molar-refractivity contribution in [1.82, 2.24) is 4.90 Å². The lowest BCUT2D eigenvalue weighted by Crippen LogP contribution is -2.51. The van der Waals surface area contributed by atoms with Crippen LogP contribution in [-0.4, -0.2) is 53.5 Å². The van der Waals surface area contributed by atoms with Crippen molar-refractivity contribution in [2.75, 3.05) is 19.8 Å². The Hall–Kier alpha value is -1.30. The molecule has 1 N–H and O–H groups in total. The van der Waals surface area contributed by atoms with Crippen molar-refractivity contribution in [3.05, 3.63) is 0 Å². The smallest absolute Gasteiger partial charge is 0.410 e. The molecule has 6 heteroatoms. The van der Waals surface area contributed by atoms with Crippen molar-refractivity contribution in [2.24, 2.45) is 0 Å². The molecule has 0 aromatic carbocycles. The first-order valence-corrected chi connectivity index (χ1v) is 5.59. The SMILES string of the molecule is CC(C)(C)OC(=O)N1CCOC[C@@H]1CC(=O)O. The van der Waals surface area contributed by atoms with Crippen LogP contribution >= 0.6 is 0 Å². The minimum absolute atomic E-state index is 0.126. The maximum atomic E-state index is 11.9. The number of morpholine rings is 1. The second kappa shape index (κ2) is 5.35. The van der Waals surface area contributed by atoms with Crippen molar-refractivity contribution in [2.45, 2.75) is 38.8 Å². The van der Waals surface area contributed by atoms with Gasteiger partial charge in [-0.15, -0.1) is 0 Å². The van der Waals surface area contributed by atoms with Crippen LogP contribution < -0.4 is 0 Å². The minimum atomic E-state index is -0.950. The summed E-state index contributed by atoms with van der Waals surface area (Å²) in [6.07, 6.45) is -0.605. The molecular weight excluding hydrogens is 226 g/mol. The fourth-order valence-electron chi connectivity index (χ4n) is 1.59. The van der Waals surface area contributed by atoms with Crippen LogP contribution in [0, 0.1) is 0 Å². The quantitative estimate of drug-likeness (QED) is 0.788. The Morgan fingerprint density at radius 2 is 2.12 bits per heavy atom. The van der Waals surface area contributed by atoms with Crippen molar-refractivity contribution in [1.29, 1.82) is 0 Å². The van der Waals surface area contributed by atoms with Gasteiger partial charge in [0.15, 0.2) is 0 Å². The lowest BCUT2D eigenvalue weighted by molar-refractivity contribution is -0.139. The molecule has 1 rings (SSSR count). The fraction of sp³-hybridized carbons (Fsp3) is 0.818. The highest BCUT2D eigenvalue weighted by molar-refractivity contribution is 5.72. The standard InChI is InChI=1S/C11H19NO5/c1-11(2,3)17-10(15)12-4-5-16-7-8(12)6-9(13)14/h8H,4-7H2,1-3H3,(H,13,14)/t8-/m0/s1. The summed E-state index contributed by atoms with van der Waals surface area (Å²) in [6.45, 7) is 6.35. The summed E-state index contributed by atoms with van der Waals surface area (Å²) in [5, 5.41) is 8.76. The van der Waals surface area contributed by atoms with Crippen molar-refractivity contribution in [3.63, 3.8) is 0 Å². The Labute approximate surface area is 100 Å². The molecule has 0 aromatic heterocycles. The number of rotatable bonds is 2. The zero-order valence-corrected chi connectivity index (χ0v) is 10.4. The van der Waals surface area contributed by atoms with Crippen molar-refractivity contribution < 1.29 is 24.2 Å². The van der Waals surface area contributed by atoms with Crippen LogP contribution in [0.15, 0.2) is 0 Å². The molecule has 0 aromatic rings. The van der Waals surface area contributed by atoms with Crippen LogP contribution in [0.3, 0.4) is 0 Å². The second-order valence-corrected chi connectivity index (χ2v) is 5.00. The zero-order chi connectivity index (χ0) is 13.1. The van der Waals surface area contributed by atoms with Crippen LogP contribution in [-0.2, 0) is 14.3 Å². The molecule has 0 unspecified atom stereocenters. The Morgan fingerprint density at radius 1 is 1.47 bits per heavy atom. The molecule has 98 valence electrons. The zero-order valence-electron chi connectivity index (χ0n) is 10.4. The van der Waals surface area contributed by atoms with Gasteiger partial charge in [0.2, 0.25) is 0 Å². The average molecular weight is 245 g/mol. The van der Waals surface area contributed by atoms with E-state index in [0.717, 1.165) is 0 Å². The molecule has 1 heterocycles. The molecule has 0 bridgehead atoms. The number of nitrogens with zero attached hydrogens (tertiary/aromatic N) is 1. The Morgan fingerprint density at radius 3 is 2.65 bits per heavy atom. The predicted molar refractivity (Wildman–Crippen MR) is 59.8 cm³/mol. The van der Waals surface area contributed by atoms with Crippen LogP contribution in [0.25, 0.3) is 0 Å². The Balaban J connectivity index is 2.64. The van der Waals surface area contributed by atoms with Gasteiger partial charge in [-0.25, -0.2) is 4.79 Å². The van der Waals surface area contributed by atoms with Gasteiger partial charge in [-0.2, -0.15) is 0 Å². The molecule has 1 saturated heterocycles. The largest absolute Gasteiger partial charge is 0.481 e. The number of carboxylic acids is 1. The number of hydrogen-bond donors (Lipinski definition) is 1. The summed E-state index contributed by atoms with van der Waals surface area (Å²) in [5.74, 6) is -0.950. The first-order chi connectivity index (χ1) is 7.79. The summed E-state index contributed by atoms with van der Waals surface area (Å²) < 4.78 is 10.4. The third kappa shape index (κ3) is 4.60. The van der Waals surface area contributed by atoms with E-state index < -0.39 is 23.7 Å². The molecule has 17 heavy (non-hydrogen) atoms. The number of carbonyl (C=O) groups is 2. The number of carboxylic acid groups (broad SMARTS) is 1. The van der Waals surface area contributed by atoms with E-state index in [-0.39, 0.29) is 13.0 Å². The molecule has 6 nitrogen and oxygen atoms in total. The van der Waals surface area contributed by atoms with Crippen LogP contribution in [0.4, 0.5) is 4.79 Å². The number of amides is 1. The van der Waals surface area contributed by atoms with E-state index >= 15 is 0 Å². The minimum Gasteiger partial charge on any atom is -0.481 e. The van der Waals surface area contributed by atoms with Crippen LogP contribution in [0.5, 0.6) is 0 Å². The summed E-state index contributed by atoms with van der Waals surface area (Å²) in [7, 11) is 0.